The van der Waals surface area contributed by atoms with Crippen molar-refractivity contribution in [1.82, 2.24) is 5.32 Å². The van der Waals surface area contributed by atoms with Crippen molar-refractivity contribution in [3.8, 4) is 0 Å². The summed E-state index contributed by atoms with van der Waals surface area (Å²) in [5.41, 5.74) is 6.75. The molecule has 0 aliphatic rings. The Labute approximate surface area is 109 Å². The quantitative estimate of drug-likeness (QED) is 0.548. The summed E-state index contributed by atoms with van der Waals surface area (Å²) in [5.74, 6) is -0.771. The Bertz CT molecular complexity index is 320. The van der Waals surface area contributed by atoms with E-state index in [-0.39, 0.29) is 18.4 Å². The first kappa shape index (κ1) is 16.6. The number of nitrogens with two attached hydrogens (primary N) is 1. The predicted molar refractivity (Wildman–Crippen MR) is 70.8 cm³/mol. The molecule has 0 fully saturated rings. The third-order valence-electron chi connectivity index (χ3n) is 2.45. The number of esters is 1. The molecule has 18 heavy (non-hydrogen) atoms. The van der Waals surface area contributed by atoms with E-state index in [2.05, 4.69) is 5.32 Å². The van der Waals surface area contributed by atoms with E-state index in [0.717, 1.165) is 5.57 Å². The Morgan fingerprint density at radius 3 is 2.28 bits per heavy atom. The zero-order chi connectivity index (χ0) is 14.3. The monoisotopic (exact) mass is 256 g/mol. The van der Waals surface area contributed by atoms with Crippen molar-refractivity contribution in [1.29, 1.82) is 0 Å². The van der Waals surface area contributed by atoms with E-state index in [4.69, 9.17) is 10.5 Å². The normalized spacial score (nSPS) is 13.7. The van der Waals surface area contributed by atoms with Crippen LogP contribution in [0.2, 0.25) is 0 Å². The lowest BCUT2D eigenvalue weighted by Gasteiger charge is -2.18. The maximum absolute atomic E-state index is 11.6. The molecule has 0 aliphatic carbocycles. The number of hydrogen-bond acceptors (Lipinski definition) is 4. The van der Waals surface area contributed by atoms with Gasteiger partial charge in [-0.1, -0.05) is 19.4 Å². The number of allylic oxidation sites excluding steroid dienone is 1. The van der Waals surface area contributed by atoms with Gasteiger partial charge in [0.2, 0.25) is 5.91 Å². The first-order valence-electron chi connectivity index (χ1n) is 6.11. The van der Waals surface area contributed by atoms with Crippen LogP contribution in [0.3, 0.4) is 0 Å². The zero-order valence-electron chi connectivity index (χ0n) is 11.8. The van der Waals surface area contributed by atoms with E-state index in [0.29, 0.717) is 0 Å². The Morgan fingerprint density at radius 1 is 1.28 bits per heavy atom. The molecule has 0 aliphatic heterocycles. The van der Waals surface area contributed by atoms with Crippen molar-refractivity contribution >= 4 is 11.9 Å². The zero-order valence-corrected chi connectivity index (χ0v) is 11.8. The van der Waals surface area contributed by atoms with Gasteiger partial charge in [0.1, 0.15) is 12.6 Å². The summed E-state index contributed by atoms with van der Waals surface area (Å²) in [6.07, 6.45) is 1.80. The first-order chi connectivity index (χ1) is 8.25. The van der Waals surface area contributed by atoms with Gasteiger partial charge in [-0.2, -0.15) is 0 Å². The smallest absolute Gasteiger partial charge is 0.328 e. The van der Waals surface area contributed by atoms with Crippen LogP contribution in [0.4, 0.5) is 0 Å². The summed E-state index contributed by atoms with van der Waals surface area (Å²) in [7, 11) is 0. The van der Waals surface area contributed by atoms with Gasteiger partial charge in [-0.15, -0.1) is 0 Å². The minimum atomic E-state index is -0.687. The maximum Gasteiger partial charge on any atom is 0.328 e. The lowest BCUT2D eigenvalue weighted by Crippen LogP contribution is -2.49. The molecule has 0 bridgehead atoms. The van der Waals surface area contributed by atoms with Crippen molar-refractivity contribution in [3.63, 3.8) is 0 Å². The van der Waals surface area contributed by atoms with Crippen LogP contribution in [0, 0.1) is 5.92 Å². The number of amides is 1. The van der Waals surface area contributed by atoms with Crippen LogP contribution in [0.25, 0.3) is 0 Å². The average molecular weight is 256 g/mol. The second-order valence-electron chi connectivity index (χ2n) is 4.91. The fraction of sp³-hybridized carbons (Fsp3) is 0.692. The molecule has 1 amide bonds. The molecule has 0 aromatic carbocycles. The van der Waals surface area contributed by atoms with Crippen molar-refractivity contribution < 1.29 is 14.3 Å². The number of ether oxygens (including phenoxy) is 1. The van der Waals surface area contributed by atoms with Gasteiger partial charge in [-0.3, -0.25) is 4.79 Å². The summed E-state index contributed by atoms with van der Waals surface area (Å²) in [4.78, 5) is 23.2. The lowest BCUT2D eigenvalue weighted by atomic mass is 10.0. The Hall–Kier alpha value is -1.36. The summed E-state index contributed by atoms with van der Waals surface area (Å²) < 4.78 is 4.98. The minimum absolute atomic E-state index is 0.0268. The molecule has 0 heterocycles. The highest BCUT2D eigenvalue weighted by Gasteiger charge is 2.22. The molecule has 0 saturated heterocycles. The second kappa shape index (κ2) is 7.87. The Balaban J connectivity index is 4.16. The van der Waals surface area contributed by atoms with Crippen LogP contribution in [0.15, 0.2) is 11.6 Å². The van der Waals surface area contributed by atoms with Crippen molar-refractivity contribution in [2.45, 2.75) is 46.7 Å². The molecule has 0 unspecified atom stereocenters. The number of hydrogen-bond donors (Lipinski definition) is 2. The summed E-state index contributed by atoms with van der Waals surface area (Å²) in [6, 6.07) is -1.30. The molecule has 5 nitrogen and oxygen atoms in total. The third-order valence-corrected chi connectivity index (χ3v) is 2.45. The summed E-state index contributed by atoms with van der Waals surface area (Å²) in [5, 5.41) is 2.54. The predicted octanol–water partition coefficient (Wildman–Crippen LogP) is 0.984. The van der Waals surface area contributed by atoms with E-state index in [1.165, 1.54) is 0 Å². The molecule has 0 rings (SSSR count). The van der Waals surface area contributed by atoms with Crippen LogP contribution < -0.4 is 11.1 Å². The highest BCUT2D eigenvalue weighted by molar-refractivity contribution is 5.87. The van der Waals surface area contributed by atoms with Gasteiger partial charge in [0.05, 0.1) is 6.04 Å². The SMILES string of the molecule is CC(C)=CCOC(=O)[C@H](C)NC(=O)[C@@H](N)C(C)C. The molecule has 0 aromatic rings. The fourth-order valence-corrected chi connectivity index (χ4v) is 1.09. The van der Waals surface area contributed by atoms with E-state index in [1.807, 2.05) is 27.7 Å². The number of carbonyl (C=O) groups excluding carboxylic acids is 2. The Morgan fingerprint density at radius 2 is 1.83 bits per heavy atom. The molecule has 0 saturated carbocycles. The van der Waals surface area contributed by atoms with Gasteiger partial charge in [0.15, 0.2) is 0 Å². The fourth-order valence-electron chi connectivity index (χ4n) is 1.09. The Kier molecular flexibility index (Phi) is 7.27. The van der Waals surface area contributed by atoms with Crippen LogP contribution in [-0.2, 0) is 14.3 Å². The van der Waals surface area contributed by atoms with Gasteiger partial charge < -0.3 is 15.8 Å². The molecular formula is C13H24N2O3. The minimum Gasteiger partial charge on any atom is -0.460 e. The highest BCUT2D eigenvalue weighted by atomic mass is 16.5. The van der Waals surface area contributed by atoms with E-state index in [9.17, 15) is 9.59 Å². The third kappa shape index (κ3) is 6.39. The van der Waals surface area contributed by atoms with E-state index >= 15 is 0 Å². The van der Waals surface area contributed by atoms with Gasteiger partial charge >= 0.3 is 5.97 Å². The number of rotatable bonds is 6. The van der Waals surface area contributed by atoms with E-state index in [1.54, 1.807) is 13.0 Å². The molecule has 0 spiro atoms. The molecule has 5 heteroatoms. The molecular weight excluding hydrogens is 232 g/mol. The van der Waals surface area contributed by atoms with Gasteiger partial charge in [-0.25, -0.2) is 4.79 Å². The van der Waals surface area contributed by atoms with Gasteiger partial charge in [-0.05, 0) is 32.8 Å². The van der Waals surface area contributed by atoms with Crippen molar-refractivity contribution in [2.24, 2.45) is 11.7 Å². The summed E-state index contributed by atoms with van der Waals surface area (Å²) in [6.45, 7) is 9.33. The van der Waals surface area contributed by atoms with Crippen molar-refractivity contribution in [3.05, 3.63) is 11.6 Å². The van der Waals surface area contributed by atoms with Crippen molar-refractivity contribution in [2.75, 3.05) is 6.61 Å². The number of nitrogens with one attached hydrogen (secondary N) is 1. The van der Waals surface area contributed by atoms with Crippen LogP contribution in [-0.4, -0.2) is 30.6 Å². The second-order valence-corrected chi connectivity index (χ2v) is 4.91. The van der Waals surface area contributed by atoms with Crippen LogP contribution >= 0.6 is 0 Å². The van der Waals surface area contributed by atoms with Crippen LogP contribution in [0.5, 0.6) is 0 Å². The number of carbonyl (C=O) groups is 2. The maximum atomic E-state index is 11.6. The standard InChI is InChI=1S/C13H24N2O3/c1-8(2)6-7-18-13(17)10(5)15-12(16)11(14)9(3)4/h6,9-11H,7,14H2,1-5H3,(H,15,16)/t10-,11-/m0/s1. The lowest BCUT2D eigenvalue weighted by molar-refractivity contribution is -0.146. The van der Waals surface area contributed by atoms with Gasteiger partial charge in [0, 0.05) is 0 Å². The highest BCUT2D eigenvalue weighted by Crippen LogP contribution is 1.99. The van der Waals surface area contributed by atoms with Gasteiger partial charge in [0.25, 0.3) is 0 Å². The molecule has 0 radical (unpaired) electrons. The van der Waals surface area contributed by atoms with E-state index < -0.39 is 18.1 Å². The largest absolute Gasteiger partial charge is 0.460 e. The summed E-state index contributed by atoms with van der Waals surface area (Å²) >= 11 is 0. The molecule has 3 N–H and O–H groups in total. The topological polar surface area (TPSA) is 81.4 Å². The average Bonchev–Trinajstić information content (AvgIpc) is 2.26. The van der Waals surface area contributed by atoms with Crippen LogP contribution in [0.1, 0.15) is 34.6 Å². The molecule has 0 aromatic heterocycles. The first-order valence-corrected chi connectivity index (χ1v) is 6.11. The molecule has 104 valence electrons. The molecule has 2 atom stereocenters.